The summed E-state index contributed by atoms with van der Waals surface area (Å²) in [5.74, 6) is -0.552. The molecule has 1 aliphatic heterocycles. The average Bonchev–Trinajstić information content (AvgIpc) is 3.12. The molecule has 6 heteroatoms. The van der Waals surface area contributed by atoms with E-state index in [9.17, 15) is 9.18 Å². The molecule has 3 rings (SSSR count). The summed E-state index contributed by atoms with van der Waals surface area (Å²) in [6.45, 7) is 0.416. The fourth-order valence-electron chi connectivity index (χ4n) is 2.87. The molecular formula is C20H21FN2O3. The van der Waals surface area contributed by atoms with Crippen LogP contribution in [0.3, 0.4) is 0 Å². The zero-order chi connectivity index (χ0) is 18.4. The molecule has 26 heavy (non-hydrogen) atoms. The van der Waals surface area contributed by atoms with Gasteiger partial charge < -0.3 is 14.5 Å². The molecule has 1 amide bonds. The van der Waals surface area contributed by atoms with Gasteiger partial charge in [0.1, 0.15) is 12.4 Å². The third-order valence-corrected chi connectivity index (χ3v) is 4.20. The van der Waals surface area contributed by atoms with E-state index in [1.165, 1.54) is 13.2 Å². The van der Waals surface area contributed by atoms with Crippen molar-refractivity contribution in [2.75, 3.05) is 20.3 Å². The largest absolute Gasteiger partial charge is 0.390 e. The molecule has 2 aromatic carbocycles. The Bertz CT molecular complexity index is 780. The molecule has 1 atom stereocenters. The third-order valence-electron chi connectivity index (χ3n) is 4.20. The van der Waals surface area contributed by atoms with Crippen molar-refractivity contribution < 1.29 is 18.8 Å². The molecule has 1 unspecified atom stereocenters. The Kier molecular flexibility index (Phi) is 5.96. The molecule has 0 saturated heterocycles. The Balaban J connectivity index is 1.67. The van der Waals surface area contributed by atoms with Crippen molar-refractivity contribution >= 4 is 11.6 Å². The maximum Gasteiger partial charge on any atom is 0.248 e. The molecular weight excluding hydrogens is 335 g/mol. The van der Waals surface area contributed by atoms with E-state index in [1.54, 1.807) is 23.1 Å². The van der Waals surface area contributed by atoms with Gasteiger partial charge in [-0.05, 0) is 11.6 Å². The molecule has 2 aromatic rings. The van der Waals surface area contributed by atoms with Gasteiger partial charge in [0.25, 0.3) is 0 Å². The van der Waals surface area contributed by atoms with Crippen LogP contribution in [0.5, 0.6) is 0 Å². The lowest BCUT2D eigenvalue weighted by atomic mass is 10.0. The molecule has 0 aromatic heterocycles. The molecule has 5 nitrogen and oxygen atoms in total. The highest BCUT2D eigenvalue weighted by atomic mass is 19.1. The molecule has 0 radical (unpaired) electrons. The first kappa shape index (κ1) is 18.1. The van der Waals surface area contributed by atoms with E-state index in [-0.39, 0.29) is 31.0 Å². The number of hydrogen-bond donors (Lipinski definition) is 0. The highest BCUT2D eigenvalue weighted by molar-refractivity contribution is 6.01. The van der Waals surface area contributed by atoms with Crippen LogP contribution < -0.4 is 0 Å². The second-order valence-corrected chi connectivity index (χ2v) is 6.13. The predicted molar refractivity (Wildman–Crippen MR) is 96.2 cm³/mol. The van der Waals surface area contributed by atoms with E-state index in [4.69, 9.17) is 9.57 Å². The molecule has 136 valence electrons. The van der Waals surface area contributed by atoms with E-state index in [2.05, 4.69) is 5.16 Å². The van der Waals surface area contributed by atoms with Gasteiger partial charge in [0.05, 0.1) is 12.3 Å². The molecule has 1 aliphatic rings. The van der Waals surface area contributed by atoms with E-state index in [1.807, 2.05) is 30.3 Å². The number of carbonyl (C=O) groups is 1. The summed E-state index contributed by atoms with van der Waals surface area (Å²) in [5, 5.41) is 4.14. The predicted octanol–water partition coefficient (Wildman–Crippen LogP) is 2.99. The SMILES string of the molecule is COCC(=O)N(Cc1ccccc1F)CC1CC(c2ccccc2)=NO1. The van der Waals surface area contributed by atoms with Crippen LogP contribution in [0.1, 0.15) is 17.5 Å². The van der Waals surface area contributed by atoms with Gasteiger partial charge >= 0.3 is 0 Å². The van der Waals surface area contributed by atoms with Crippen LogP contribution in [0.25, 0.3) is 0 Å². The lowest BCUT2D eigenvalue weighted by molar-refractivity contribution is -0.137. The molecule has 0 bridgehead atoms. The number of halogens is 1. The monoisotopic (exact) mass is 356 g/mol. The van der Waals surface area contributed by atoms with Gasteiger partial charge in [-0.1, -0.05) is 53.7 Å². The molecule has 0 N–H and O–H groups in total. The van der Waals surface area contributed by atoms with Crippen LogP contribution in [0.15, 0.2) is 59.8 Å². The van der Waals surface area contributed by atoms with Crippen LogP contribution in [-0.4, -0.2) is 42.9 Å². The summed E-state index contributed by atoms with van der Waals surface area (Å²) in [5.41, 5.74) is 2.30. The van der Waals surface area contributed by atoms with Crippen molar-refractivity contribution in [1.82, 2.24) is 4.90 Å². The number of nitrogens with zero attached hydrogens (tertiary/aromatic N) is 2. The number of oxime groups is 1. The average molecular weight is 356 g/mol. The van der Waals surface area contributed by atoms with Gasteiger partial charge in [-0.25, -0.2) is 4.39 Å². The van der Waals surface area contributed by atoms with Crippen LogP contribution in [-0.2, 0) is 20.9 Å². The minimum absolute atomic E-state index is 0.0619. The normalized spacial score (nSPS) is 16.1. The van der Waals surface area contributed by atoms with Crippen molar-refractivity contribution in [2.24, 2.45) is 5.16 Å². The molecule has 0 spiro atoms. The Morgan fingerprint density at radius 3 is 2.69 bits per heavy atom. The van der Waals surface area contributed by atoms with Crippen molar-refractivity contribution in [1.29, 1.82) is 0 Å². The minimum atomic E-state index is -0.337. The number of rotatable bonds is 7. The molecule has 0 aliphatic carbocycles. The first-order valence-electron chi connectivity index (χ1n) is 8.45. The third kappa shape index (κ3) is 4.46. The number of amides is 1. The summed E-state index contributed by atoms with van der Waals surface area (Å²) < 4.78 is 18.9. The lowest BCUT2D eigenvalue weighted by Gasteiger charge is -2.25. The van der Waals surface area contributed by atoms with Crippen LogP contribution in [0, 0.1) is 5.82 Å². The van der Waals surface area contributed by atoms with Gasteiger partial charge in [0.15, 0.2) is 6.10 Å². The highest BCUT2D eigenvalue weighted by Gasteiger charge is 2.27. The quantitative estimate of drug-likeness (QED) is 0.766. The van der Waals surface area contributed by atoms with E-state index in [0.717, 1.165) is 11.3 Å². The van der Waals surface area contributed by atoms with E-state index in [0.29, 0.717) is 18.5 Å². The molecule has 0 fully saturated rings. The number of methoxy groups -OCH3 is 1. The zero-order valence-corrected chi connectivity index (χ0v) is 14.6. The second-order valence-electron chi connectivity index (χ2n) is 6.13. The summed E-state index contributed by atoms with van der Waals surface area (Å²) in [4.78, 5) is 19.4. The van der Waals surface area contributed by atoms with Crippen molar-refractivity contribution in [3.63, 3.8) is 0 Å². The Hall–Kier alpha value is -2.73. The maximum absolute atomic E-state index is 14.0. The highest BCUT2D eigenvalue weighted by Crippen LogP contribution is 2.19. The standard InChI is InChI=1S/C20H21FN2O3/c1-25-14-20(24)23(12-16-9-5-6-10-18(16)21)13-17-11-19(22-26-17)15-7-3-2-4-8-15/h2-10,17H,11-14H2,1H3. The zero-order valence-electron chi connectivity index (χ0n) is 14.6. The summed E-state index contributed by atoms with van der Waals surface area (Å²) in [7, 11) is 1.46. The number of ether oxygens (including phenoxy) is 1. The Morgan fingerprint density at radius 1 is 1.23 bits per heavy atom. The van der Waals surface area contributed by atoms with Crippen molar-refractivity contribution in [2.45, 2.75) is 19.1 Å². The minimum Gasteiger partial charge on any atom is -0.390 e. The summed E-state index contributed by atoms with van der Waals surface area (Å²) in [6, 6.07) is 16.2. The fraction of sp³-hybridized carbons (Fsp3) is 0.300. The van der Waals surface area contributed by atoms with Gasteiger partial charge in [-0.3, -0.25) is 4.79 Å². The topological polar surface area (TPSA) is 51.1 Å². The van der Waals surface area contributed by atoms with E-state index < -0.39 is 0 Å². The van der Waals surface area contributed by atoms with Gasteiger partial charge in [-0.15, -0.1) is 0 Å². The van der Waals surface area contributed by atoms with Crippen LogP contribution >= 0.6 is 0 Å². The first-order chi connectivity index (χ1) is 12.7. The van der Waals surface area contributed by atoms with Crippen LogP contribution in [0.2, 0.25) is 0 Å². The van der Waals surface area contributed by atoms with Crippen molar-refractivity contribution in [3.8, 4) is 0 Å². The molecule has 1 heterocycles. The summed E-state index contributed by atoms with van der Waals surface area (Å²) in [6.07, 6.45) is 0.329. The first-order valence-corrected chi connectivity index (χ1v) is 8.45. The number of carbonyl (C=O) groups excluding carboxylic acids is 1. The van der Waals surface area contributed by atoms with Gasteiger partial charge in [0.2, 0.25) is 5.91 Å². The lowest BCUT2D eigenvalue weighted by Crippen LogP contribution is -2.39. The van der Waals surface area contributed by atoms with Crippen molar-refractivity contribution in [3.05, 3.63) is 71.5 Å². The van der Waals surface area contributed by atoms with Crippen LogP contribution in [0.4, 0.5) is 4.39 Å². The fourth-order valence-corrected chi connectivity index (χ4v) is 2.87. The van der Waals surface area contributed by atoms with E-state index >= 15 is 0 Å². The van der Waals surface area contributed by atoms with Gasteiger partial charge in [-0.2, -0.15) is 0 Å². The number of hydrogen-bond acceptors (Lipinski definition) is 4. The Morgan fingerprint density at radius 2 is 1.96 bits per heavy atom. The number of benzene rings is 2. The summed E-state index contributed by atoms with van der Waals surface area (Å²) >= 11 is 0. The maximum atomic E-state index is 14.0. The smallest absolute Gasteiger partial charge is 0.248 e. The molecule has 0 saturated carbocycles. The Labute approximate surface area is 152 Å². The van der Waals surface area contributed by atoms with Gasteiger partial charge in [0, 0.05) is 25.6 Å². The second kappa shape index (κ2) is 8.58.